The van der Waals surface area contributed by atoms with Gasteiger partial charge in [-0.1, -0.05) is 0 Å². The number of rotatable bonds is 1. The van der Waals surface area contributed by atoms with Crippen LogP contribution >= 0.6 is 0 Å². The molecule has 3 nitrogen and oxygen atoms in total. The molecule has 0 spiro atoms. The van der Waals surface area contributed by atoms with Gasteiger partial charge in [-0.15, -0.1) is 0 Å². The molecule has 0 aromatic rings. The first kappa shape index (κ1) is 6.89. The molecule has 0 bridgehead atoms. The molecule has 9 heavy (non-hydrogen) atoms. The van der Waals surface area contributed by atoms with Crippen LogP contribution in [0.3, 0.4) is 0 Å². The van der Waals surface area contributed by atoms with Crippen LogP contribution in [-0.2, 0) is 15.7 Å². The molecule has 52 valence electrons. The largest absolute Gasteiger partial charge is 0.480 e. The first-order valence-electron chi connectivity index (χ1n) is 2.75. The van der Waals surface area contributed by atoms with Gasteiger partial charge in [-0.3, -0.25) is 10.1 Å². The van der Waals surface area contributed by atoms with Crippen molar-refractivity contribution in [1.29, 1.82) is 0 Å². The van der Waals surface area contributed by atoms with Gasteiger partial charge in [0.25, 0.3) is 0 Å². The van der Waals surface area contributed by atoms with Gasteiger partial charge in [0.2, 0.25) is 0 Å². The molecule has 1 saturated heterocycles. The number of nitrogens with one attached hydrogen (secondary N) is 1. The summed E-state index contributed by atoms with van der Waals surface area (Å²) in [5, 5.41) is 11.4. The van der Waals surface area contributed by atoms with Crippen molar-refractivity contribution >= 4 is 16.9 Å². The van der Waals surface area contributed by atoms with Crippen LogP contribution in [0, 0.1) is 0 Å². The lowest BCUT2D eigenvalue weighted by atomic mass is 10.4. The van der Waals surface area contributed by atoms with Gasteiger partial charge in [0, 0.05) is 10.9 Å². The Balaban J connectivity index is 2.39. The summed E-state index contributed by atoms with van der Waals surface area (Å²) in [6, 6.07) is -0.279. The predicted molar refractivity (Wildman–Crippen MR) is 37.6 cm³/mol. The van der Waals surface area contributed by atoms with Gasteiger partial charge in [0.1, 0.15) is 5.75 Å². The highest BCUT2D eigenvalue weighted by Gasteiger charge is 2.32. The summed E-state index contributed by atoms with van der Waals surface area (Å²) in [7, 11) is 0.285. The Labute approximate surface area is 56.8 Å². The molecular formula is C5H10NO2S+. The van der Waals surface area contributed by atoms with Gasteiger partial charge in [0.15, 0.2) is 11.9 Å². The molecule has 1 heterocycles. The first-order valence-corrected chi connectivity index (χ1v) is 4.72. The van der Waals surface area contributed by atoms with E-state index < -0.39 is 5.97 Å². The molecule has 2 N–H and O–H groups in total. The fraction of sp³-hybridized carbons (Fsp3) is 0.800. The van der Waals surface area contributed by atoms with Crippen LogP contribution in [0.1, 0.15) is 0 Å². The Bertz CT molecular complexity index is 128. The summed E-state index contributed by atoms with van der Waals surface area (Å²) in [6.45, 7) is 0. The highest BCUT2D eigenvalue weighted by molar-refractivity contribution is 7.96. The summed E-state index contributed by atoms with van der Waals surface area (Å²) in [5.41, 5.74) is 0. The van der Waals surface area contributed by atoms with E-state index in [0.29, 0.717) is 0 Å². The van der Waals surface area contributed by atoms with Crippen molar-refractivity contribution in [2.45, 2.75) is 6.04 Å². The Hall–Kier alpha value is -0.220. The van der Waals surface area contributed by atoms with Gasteiger partial charge >= 0.3 is 5.97 Å². The van der Waals surface area contributed by atoms with Gasteiger partial charge in [-0.2, -0.15) is 0 Å². The van der Waals surface area contributed by atoms with Crippen LogP contribution in [0.5, 0.6) is 0 Å². The lowest BCUT2D eigenvalue weighted by Gasteiger charge is -1.95. The maximum atomic E-state index is 10.3. The Morgan fingerprint density at radius 1 is 1.89 bits per heavy atom. The molecule has 1 aliphatic rings. The molecule has 0 amide bonds. The summed E-state index contributed by atoms with van der Waals surface area (Å²) in [6.07, 6.45) is 2.08. The van der Waals surface area contributed by atoms with E-state index in [0.717, 1.165) is 11.6 Å². The summed E-state index contributed by atoms with van der Waals surface area (Å²) in [5.74, 6) is 0.957. The standard InChI is InChI=1S/C5H9NO2S/c1-9-2-4(5(7)8)6-3-9/h4,6H,2-3H2,1H3/p+1/t4-,9?/m0/s1. The molecule has 1 unspecified atom stereocenters. The van der Waals surface area contributed by atoms with Crippen molar-refractivity contribution in [2.24, 2.45) is 0 Å². The Kier molecular flexibility index (Phi) is 1.97. The van der Waals surface area contributed by atoms with Crippen LogP contribution < -0.4 is 5.32 Å². The average Bonchev–Trinajstić information content (AvgIpc) is 2.14. The van der Waals surface area contributed by atoms with E-state index in [2.05, 4.69) is 11.6 Å². The highest BCUT2D eigenvalue weighted by Crippen LogP contribution is 2.02. The zero-order valence-corrected chi connectivity index (χ0v) is 6.07. The second-order valence-corrected chi connectivity index (χ2v) is 4.37. The molecule has 1 fully saturated rings. The molecular weight excluding hydrogens is 138 g/mol. The van der Waals surface area contributed by atoms with Gasteiger partial charge in [0.05, 0.1) is 6.26 Å². The van der Waals surface area contributed by atoms with Crippen molar-refractivity contribution in [3.05, 3.63) is 0 Å². The lowest BCUT2D eigenvalue weighted by molar-refractivity contribution is -0.138. The monoisotopic (exact) mass is 148 g/mol. The minimum absolute atomic E-state index is 0.279. The maximum absolute atomic E-state index is 10.3. The molecule has 0 radical (unpaired) electrons. The number of aliphatic carboxylic acids is 1. The molecule has 4 heteroatoms. The third-order valence-corrected chi connectivity index (χ3v) is 2.89. The van der Waals surface area contributed by atoms with E-state index >= 15 is 0 Å². The van der Waals surface area contributed by atoms with Crippen LogP contribution in [-0.4, -0.2) is 35.0 Å². The van der Waals surface area contributed by atoms with Gasteiger partial charge < -0.3 is 5.11 Å². The van der Waals surface area contributed by atoms with E-state index in [9.17, 15) is 4.79 Å². The summed E-state index contributed by atoms with van der Waals surface area (Å²) < 4.78 is 0. The molecule has 1 rings (SSSR count). The Morgan fingerprint density at radius 2 is 2.56 bits per heavy atom. The second kappa shape index (κ2) is 2.58. The lowest BCUT2D eigenvalue weighted by Crippen LogP contribution is -2.32. The van der Waals surface area contributed by atoms with Crippen molar-refractivity contribution in [3.8, 4) is 0 Å². The number of carboxylic acid groups (broad SMARTS) is 1. The average molecular weight is 148 g/mol. The Morgan fingerprint density at radius 3 is 2.78 bits per heavy atom. The van der Waals surface area contributed by atoms with E-state index in [1.54, 1.807) is 0 Å². The molecule has 0 aliphatic carbocycles. The number of hydrogen-bond donors (Lipinski definition) is 2. The first-order chi connectivity index (χ1) is 4.20. The highest BCUT2D eigenvalue weighted by atomic mass is 32.2. The zero-order valence-electron chi connectivity index (χ0n) is 5.26. The topological polar surface area (TPSA) is 49.3 Å². The summed E-state index contributed by atoms with van der Waals surface area (Å²) in [4.78, 5) is 10.3. The predicted octanol–water partition coefficient (Wildman–Crippen LogP) is -0.752. The van der Waals surface area contributed by atoms with E-state index in [1.165, 1.54) is 0 Å². The third kappa shape index (κ3) is 1.59. The second-order valence-electron chi connectivity index (χ2n) is 2.19. The van der Waals surface area contributed by atoms with Crippen LogP contribution in [0.15, 0.2) is 0 Å². The minimum Gasteiger partial charge on any atom is -0.480 e. The van der Waals surface area contributed by atoms with Crippen molar-refractivity contribution in [2.75, 3.05) is 17.9 Å². The smallest absolute Gasteiger partial charge is 0.325 e. The molecule has 0 aromatic carbocycles. The van der Waals surface area contributed by atoms with Gasteiger partial charge in [-0.25, -0.2) is 0 Å². The van der Waals surface area contributed by atoms with E-state index in [1.807, 2.05) is 0 Å². The number of hydrogen-bond acceptors (Lipinski definition) is 2. The fourth-order valence-electron chi connectivity index (χ4n) is 0.804. The molecule has 0 aromatic heterocycles. The normalized spacial score (nSPS) is 34.8. The van der Waals surface area contributed by atoms with Crippen molar-refractivity contribution in [3.63, 3.8) is 0 Å². The maximum Gasteiger partial charge on any atom is 0.325 e. The van der Waals surface area contributed by atoms with Crippen LogP contribution in [0.2, 0.25) is 0 Å². The minimum atomic E-state index is -0.716. The van der Waals surface area contributed by atoms with Crippen LogP contribution in [0.25, 0.3) is 0 Å². The fourth-order valence-corrected chi connectivity index (χ4v) is 2.24. The van der Waals surface area contributed by atoms with Crippen molar-refractivity contribution in [1.82, 2.24) is 5.32 Å². The third-order valence-electron chi connectivity index (χ3n) is 1.33. The van der Waals surface area contributed by atoms with E-state index in [-0.39, 0.29) is 16.9 Å². The molecule has 2 atom stereocenters. The van der Waals surface area contributed by atoms with E-state index in [4.69, 9.17) is 5.11 Å². The number of carboxylic acids is 1. The van der Waals surface area contributed by atoms with Gasteiger partial charge in [-0.05, 0) is 0 Å². The SMILES string of the molecule is C[S+]1CN[C@H](C(=O)O)C1. The summed E-state index contributed by atoms with van der Waals surface area (Å²) >= 11 is 0. The number of carbonyl (C=O) groups is 1. The molecule has 1 aliphatic heterocycles. The van der Waals surface area contributed by atoms with Crippen LogP contribution in [0.4, 0.5) is 0 Å². The van der Waals surface area contributed by atoms with Crippen molar-refractivity contribution < 1.29 is 9.90 Å². The quantitative estimate of drug-likeness (QED) is 0.481. The zero-order chi connectivity index (χ0) is 6.85. The molecule has 0 saturated carbocycles.